The number of nitrogens with one attached hydrogen (secondary N) is 2. The van der Waals surface area contributed by atoms with Gasteiger partial charge in [0.25, 0.3) is 5.91 Å². The Morgan fingerprint density at radius 2 is 1.75 bits per heavy atom. The molecule has 188 valence electrons. The van der Waals surface area contributed by atoms with Crippen LogP contribution in [0.5, 0.6) is 5.75 Å². The Morgan fingerprint density at radius 1 is 1.06 bits per heavy atom. The second kappa shape index (κ2) is 10.3. The minimum Gasteiger partial charge on any atom is -0.435 e. The summed E-state index contributed by atoms with van der Waals surface area (Å²) in [5.74, 6) is -0.892. The molecule has 1 aliphatic heterocycles. The molecule has 0 bridgehead atoms. The van der Waals surface area contributed by atoms with E-state index in [9.17, 15) is 23.2 Å². The molecule has 1 heterocycles. The van der Waals surface area contributed by atoms with E-state index in [-0.39, 0.29) is 18.2 Å². The predicted octanol–water partition coefficient (Wildman–Crippen LogP) is 4.56. The van der Waals surface area contributed by atoms with Crippen molar-refractivity contribution in [3.05, 3.63) is 77.9 Å². The van der Waals surface area contributed by atoms with Crippen LogP contribution in [0.4, 0.5) is 13.6 Å². The van der Waals surface area contributed by atoms with Crippen molar-refractivity contribution in [2.24, 2.45) is 0 Å². The van der Waals surface area contributed by atoms with Crippen LogP contribution in [0.15, 0.2) is 66.7 Å². The molecule has 36 heavy (non-hydrogen) atoms. The summed E-state index contributed by atoms with van der Waals surface area (Å²) in [6.45, 7) is 0.157. The van der Waals surface area contributed by atoms with Crippen LogP contribution in [0, 0.1) is 0 Å². The summed E-state index contributed by atoms with van der Waals surface area (Å²) >= 11 is 0. The lowest BCUT2D eigenvalue weighted by Crippen LogP contribution is -2.45. The van der Waals surface area contributed by atoms with Crippen molar-refractivity contribution >= 4 is 28.6 Å². The molecule has 0 unspecified atom stereocenters. The Bertz CT molecular complexity index is 1280. The molecule has 9 heteroatoms. The van der Waals surface area contributed by atoms with Crippen LogP contribution in [0.1, 0.15) is 37.4 Å². The van der Waals surface area contributed by atoms with E-state index in [1.807, 2.05) is 49.4 Å². The number of rotatable bonds is 9. The fourth-order valence-electron chi connectivity index (χ4n) is 4.28. The Balaban J connectivity index is 1.34. The average molecular weight is 496 g/mol. The van der Waals surface area contributed by atoms with Gasteiger partial charge in [-0.05, 0) is 66.8 Å². The molecule has 7 nitrogen and oxygen atoms in total. The second-order valence-corrected chi connectivity index (χ2v) is 9.07. The first kappa shape index (κ1) is 25.1. The zero-order chi connectivity index (χ0) is 25.9. The third-order valence-electron chi connectivity index (χ3n) is 6.36. The SMILES string of the molecule is C[C@H](NC(=O)CN1C(=O)N[C@@](C)(CCc2ccc(OC(F)F)cc2)C1=O)c1ccc2ccccc2c1. The molecule has 1 aliphatic rings. The van der Waals surface area contributed by atoms with Crippen molar-refractivity contribution in [1.29, 1.82) is 0 Å². The van der Waals surface area contributed by atoms with Gasteiger partial charge in [0.2, 0.25) is 5.91 Å². The quantitative estimate of drug-likeness (QED) is 0.426. The van der Waals surface area contributed by atoms with Gasteiger partial charge in [-0.2, -0.15) is 8.78 Å². The molecule has 1 saturated heterocycles. The van der Waals surface area contributed by atoms with Crippen molar-refractivity contribution in [2.45, 2.75) is 44.9 Å². The number of amides is 4. The number of carbonyl (C=O) groups excluding carboxylic acids is 3. The van der Waals surface area contributed by atoms with Gasteiger partial charge in [0.05, 0.1) is 6.04 Å². The molecule has 4 amide bonds. The number of hydrogen-bond acceptors (Lipinski definition) is 4. The molecule has 0 aromatic heterocycles. The van der Waals surface area contributed by atoms with Crippen LogP contribution in [0.25, 0.3) is 10.8 Å². The van der Waals surface area contributed by atoms with Crippen molar-refractivity contribution in [1.82, 2.24) is 15.5 Å². The molecule has 2 atom stereocenters. The molecule has 2 N–H and O–H groups in total. The number of hydrogen-bond donors (Lipinski definition) is 2. The highest BCUT2D eigenvalue weighted by atomic mass is 19.3. The summed E-state index contributed by atoms with van der Waals surface area (Å²) in [6.07, 6.45) is 0.689. The molecule has 0 saturated carbocycles. The number of fused-ring (bicyclic) bond motifs is 1. The van der Waals surface area contributed by atoms with Gasteiger partial charge in [0.15, 0.2) is 0 Å². The summed E-state index contributed by atoms with van der Waals surface area (Å²) in [6, 6.07) is 19.0. The monoisotopic (exact) mass is 495 g/mol. The molecule has 4 rings (SSSR count). The Hall–Kier alpha value is -4.01. The van der Waals surface area contributed by atoms with E-state index < -0.39 is 36.5 Å². The molecule has 3 aromatic carbocycles. The third-order valence-corrected chi connectivity index (χ3v) is 6.36. The number of nitrogens with zero attached hydrogens (tertiary/aromatic N) is 1. The molecular weight excluding hydrogens is 468 g/mol. The first-order valence-corrected chi connectivity index (χ1v) is 11.6. The Kier molecular flexibility index (Phi) is 7.19. The van der Waals surface area contributed by atoms with Crippen LogP contribution in [-0.4, -0.2) is 41.4 Å². The zero-order valence-corrected chi connectivity index (χ0v) is 20.0. The molecule has 0 spiro atoms. The summed E-state index contributed by atoms with van der Waals surface area (Å²) in [4.78, 5) is 39.2. The third kappa shape index (κ3) is 5.62. The standard InChI is InChI=1S/C27H27F2N3O4/c1-17(20-10-9-19-5-3-4-6-21(19)15-20)30-23(33)16-32-24(34)27(2,31-26(32)35)14-13-18-7-11-22(12-8-18)36-25(28)29/h3-12,15,17,25H,13-14,16H2,1-2H3,(H,30,33)(H,31,35)/t17-,27-/m0/s1. The predicted molar refractivity (Wildman–Crippen MR) is 131 cm³/mol. The molecular formula is C27H27F2N3O4. The van der Waals surface area contributed by atoms with Gasteiger partial charge < -0.3 is 15.4 Å². The van der Waals surface area contributed by atoms with Crippen LogP contribution in [0.2, 0.25) is 0 Å². The number of carbonyl (C=O) groups is 3. The fraction of sp³-hybridized carbons (Fsp3) is 0.296. The van der Waals surface area contributed by atoms with Gasteiger partial charge >= 0.3 is 12.6 Å². The summed E-state index contributed by atoms with van der Waals surface area (Å²) in [5, 5.41) is 7.68. The van der Waals surface area contributed by atoms with Crippen LogP contribution in [-0.2, 0) is 16.0 Å². The highest BCUT2D eigenvalue weighted by molar-refractivity contribution is 6.08. The van der Waals surface area contributed by atoms with Crippen LogP contribution < -0.4 is 15.4 Å². The number of aryl methyl sites for hydroxylation is 1. The first-order valence-electron chi connectivity index (χ1n) is 11.6. The summed E-state index contributed by atoms with van der Waals surface area (Å²) < 4.78 is 29.0. The Labute approximate surface area is 207 Å². The summed E-state index contributed by atoms with van der Waals surface area (Å²) in [5.41, 5.74) is 0.522. The van der Waals surface area contributed by atoms with E-state index in [1.165, 1.54) is 12.1 Å². The maximum atomic E-state index is 13.0. The normalized spacial score (nSPS) is 18.4. The van der Waals surface area contributed by atoms with Crippen molar-refractivity contribution in [3.63, 3.8) is 0 Å². The minimum absolute atomic E-state index is 0.0420. The number of ether oxygens (including phenoxy) is 1. The van der Waals surface area contributed by atoms with Crippen molar-refractivity contribution < 1.29 is 27.9 Å². The van der Waals surface area contributed by atoms with Crippen molar-refractivity contribution in [2.75, 3.05) is 6.54 Å². The number of halogens is 2. The van der Waals surface area contributed by atoms with E-state index in [1.54, 1.807) is 19.1 Å². The molecule has 0 aliphatic carbocycles. The topological polar surface area (TPSA) is 87.7 Å². The Morgan fingerprint density at radius 3 is 2.44 bits per heavy atom. The molecule has 1 fully saturated rings. The lowest BCUT2D eigenvalue weighted by molar-refractivity contribution is -0.134. The van der Waals surface area contributed by atoms with E-state index >= 15 is 0 Å². The van der Waals surface area contributed by atoms with Crippen molar-refractivity contribution in [3.8, 4) is 5.75 Å². The average Bonchev–Trinajstić information content (AvgIpc) is 3.06. The lowest BCUT2D eigenvalue weighted by Gasteiger charge is -2.22. The number of urea groups is 1. The van der Waals surface area contributed by atoms with Gasteiger partial charge in [0.1, 0.15) is 17.8 Å². The highest BCUT2D eigenvalue weighted by Gasteiger charge is 2.47. The van der Waals surface area contributed by atoms with Crippen LogP contribution >= 0.6 is 0 Å². The minimum atomic E-state index is -2.90. The first-order chi connectivity index (χ1) is 17.1. The zero-order valence-electron chi connectivity index (χ0n) is 20.0. The molecule has 0 radical (unpaired) electrons. The fourth-order valence-corrected chi connectivity index (χ4v) is 4.28. The number of benzene rings is 3. The van der Waals surface area contributed by atoms with E-state index in [0.29, 0.717) is 6.42 Å². The lowest BCUT2D eigenvalue weighted by atomic mass is 9.93. The maximum Gasteiger partial charge on any atom is 0.387 e. The van der Waals surface area contributed by atoms with Gasteiger partial charge in [-0.25, -0.2) is 4.79 Å². The number of imide groups is 1. The van der Waals surface area contributed by atoms with Gasteiger partial charge in [-0.1, -0.05) is 48.5 Å². The highest BCUT2D eigenvalue weighted by Crippen LogP contribution is 2.25. The largest absolute Gasteiger partial charge is 0.435 e. The van der Waals surface area contributed by atoms with E-state index in [4.69, 9.17) is 0 Å². The van der Waals surface area contributed by atoms with Crippen LogP contribution in [0.3, 0.4) is 0 Å². The smallest absolute Gasteiger partial charge is 0.387 e. The van der Waals surface area contributed by atoms with E-state index in [2.05, 4.69) is 15.4 Å². The molecule has 3 aromatic rings. The number of alkyl halides is 2. The van der Waals surface area contributed by atoms with Gasteiger partial charge in [-0.3, -0.25) is 14.5 Å². The van der Waals surface area contributed by atoms with E-state index in [0.717, 1.165) is 26.8 Å². The maximum absolute atomic E-state index is 13.0. The summed E-state index contributed by atoms with van der Waals surface area (Å²) in [7, 11) is 0. The van der Waals surface area contributed by atoms with Gasteiger partial charge in [0, 0.05) is 0 Å². The van der Waals surface area contributed by atoms with Gasteiger partial charge in [-0.15, -0.1) is 0 Å². The second-order valence-electron chi connectivity index (χ2n) is 9.07.